The molecule has 0 heterocycles. The van der Waals surface area contributed by atoms with Crippen molar-refractivity contribution in [3.63, 3.8) is 0 Å². The zero-order valence-corrected chi connectivity index (χ0v) is 16.4. The molecule has 0 aromatic heterocycles. The van der Waals surface area contributed by atoms with Crippen LogP contribution < -0.4 is 16.0 Å². The molecule has 2 aromatic carbocycles. The number of esters is 1. The minimum atomic E-state index is -0.505. The van der Waals surface area contributed by atoms with Crippen molar-refractivity contribution in [3.8, 4) is 0 Å². The average molecular weight is 399 g/mol. The van der Waals surface area contributed by atoms with Crippen LogP contribution in [-0.2, 0) is 22.6 Å². The quantitative estimate of drug-likeness (QED) is 0.592. The number of carbonyl (C=O) groups excluding carboxylic acids is 3. The minimum Gasteiger partial charge on any atom is -0.457 e. The predicted octanol–water partition coefficient (Wildman–Crippen LogP) is 2.59. The Morgan fingerprint density at radius 2 is 1.55 bits per heavy atom. The second-order valence-electron chi connectivity index (χ2n) is 6.31. The Kier molecular flexibility index (Phi) is 8.50. The van der Waals surface area contributed by atoms with Crippen LogP contribution in [0.5, 0.6) is 0 Å². The van der Waals surface area contributed by atoms with E-state index in [4.69, 9.17) is 4.74 Å². The molecule has 0 saturated heterocycles. The molecule has 1 unspecified atom stereocenters. The summed E-state index contributed by atoms with van der Waals surface area (Å²) in [6, 6.07) is 15.8. The van der Waals surface area contributed by atoms with Gasteiger partial charge in [-0.15, -0.1) is 0 Å². The van der Waals surface area contributed by atoms with E-state index in [0.29, 0.717) is 18.7 Å². The monoisotopic (exact) mass is 399 g/mol. The predicted molar refractivity (Wildman–Crippen MR) is 107 cm³/mol. The minimum absolute atomic E-state index is 0.188. The molecule has 3 amide bonds. The van der Waals surface area contributed by atoms with E-state index in [0.717, 1.165) is 11.1 Å². The summed E-state index contributed by atoms with van der Waals surface area (Å²) in [6.45, 7) is 2.54. The van der Waals surface area contributed by atoms with Crippen molar-refractivity contribution in [1.82, 2.24) is 16.0 Å². The summed E-state index contributed by atoms with van der Waals surface area (Å²) < 4.78 is 9.82. The van der Waals surface area contributed by atoms with Crippen molar-refractivity contribution >= 4 is 18.1 Å². The Morgan fingerprint density at radius 3 is 2.21 bits per heavy atom. The molecular formula is C21H25N3O5. The van der Waals surface area contributed by atoms with Gasteiger partial charge in [0.25, 0.3) is 0 Å². The lowest BCUT2D eigenvalue weighted by molar-refractivity contribution is 0.0346. The maximum Gasteiger partial charge on any atom is 0.407 e. The Labute approximate surface area is 169 Å². The Hall–Kier alpha value is -3.55. The number of nitrogens with one attached hydrogen (secondary N) is 3. The number of alkyl carbamates (subject to hydrolysis) is 1. The van der Waals surface area contributed by atoms with Crippen molar-refractivity contribution < 1.29 is 23.9 Å². The molecule has 3 N–H and O–H groups in total. The molecular weight excluding hydrogens is 374 g/mol. The highest BCUT2D eigenvalue weighted by molar-refractivity contribution is 5.89. The van der Waals surface area contributed by atoms with Gasteiger partial charge in [0.2, 0.25) is 0 Å². The van der Waals surface area contributed by atoms with Gasteiger partial charge in [-0.25, -0.2) is 14.4 Å². The molecule has 1 atom stereocenters. The molecule has 29 heavy (non-hydrogen) atoms. The second kappa shape index (κ2) is 11.3. The van der Waals surface area contributed by atoms with E-state index in [-0.39, 0.29) is 12.6 Å². The third kappa shape index (κ3) is 7.92. The number of hydrogen-bond donors (Lipinski definition) is 3. The summed E-state index contributed by atoms with van der Waals surface area (Å²) in [7, 11) is 1.30. The first-order valence-corrected chi connectivity index (χ1v) is 9.15. The molecule has 0 aliphatic rings. The van der Waals surface area contributed by atoms with Crippen molar-refractivity contribution in [3.05, 3.63) is 71.3 Å². The zero-order valence-electron chi connectivity index (χ0n) is 16.4. The van der Waals surface area contributed by atoms with Crippen LogP contribution in [0.4, 0.5) is 9.59 Å². The van der Waals surface area contributed by atoms with Gasteiger partial charge in [0.1, 0.15) is 6.10 Å². The maximum absolute atomic E-state index is 12.0. The zero-order chi connectivity index (χ0) is 21.1. The van der Waals surface area contributed by atoms with Gasteiger partial charge in [-0.1, -0.05) is 42.5 Å². The van der Waals surface area contributed by atoms with Crippen LogP contribution in [0.15, 0.2) is 54.6 Å². The summed E-state index contributed by atoms with van der Waals surface area (Å²) in [5, 5.41) is 8.01. The number of benzene rings is 2. The van der Waals surface area contributed by atoms with Crippen LogP contribution in [0.25, 0.3) is 0 Å². The van der Waals surface area contributed by atoms with Crippen molar-refractivity contribution in [1.29, 1.82) is 0 Å². The molecule has 0 bridgehead atoms. The molecule has 0 aliphatic carbocycles. The number of amides is 3. The maximum atomic E-state index is 12.0. The summed E-state index contributed by atoms with van der Waals surface area (Å²) in [4.78, 5) is 35.1. The molecule has 0 spiro atoms. The number of urea groups is 1. The number of hydrogen-bond acceptors (Lipinski definition) is 5. The number of ether oxygens (including phenoxy) is 2. The van der Waals surface area contributed by atoms with Gasteiger partial charge in [-0.3, -0.25) is 0 Å². The van der Waals surface area contributed by atoms with E-state index in [1.54, 1.807) is 31.2 Å². The van der Waals surface area contributed by atoms with E-state index in [9.17, 15) is 14.4 Å². The van der Waals surface area contributed by atoms with Crippen LogP contribution in [0.3, 0.4) is 0 Å². The third-order valence-corrected chi connectivity index (χ3v) is 3.93. The van der Waals surface area contributed by atoms with Crippen LogP contribution in [0.2, 0.25) is 0 Å². The van der Waals surface area contributed by atoms with Crippen LogP contribution in [0.1, 0.15) is 28.4 Å². The molecule has 154 valence electrons. The second-order valence-corrected chi connectivity index (χ2v) is 6.31. The Balaban J connectivity index is 1.71. The molecule has 2 rings (SSSR count). The molecule has 8 heteroatoms. The van der Waals surface area contributed by atoms with Gasteiger partial charge >= 0.3 is 18.1 Å². The van der Waals surface area contributed by atoms with E-state index >= 15 is 0 Å². The summed E-state index contributed by atoms with van der Waals surface area (Å²) in [5.41, 5.74) is 2.23. The van der Waals surface area contributed by atoms with Crippen molar-refractivity contribution in [2.24, 2.45) is 0 Å². The van der Waals surface area contributed by atoms with Gasteiger partial charge in [-0.05, 0) is 30.2 Å². The van der Waals surface area contributed by atoms with Gasteiger partial charge in [0.05, 0.1) is 19.2 Å². The highest BCUT2D eigenvalue weighted by atomic mass is 16.5. The standard InChI is InChI=1S/C21H25N3O5/c1-15(29-19(25)18-9-4-3-5-10-18)12-22-20(26)23-13-16-7-6-8-17(11-16)14-24-21(27)28-2/h3-11,15H,12-14H2,1-2H3,(H,24,27)(H2,22,23,26). The molecule has 8 nitrogen and oxygen atoms in total. The first-order chi connectivity index (χ1) is 14.0. The van der Waals surface area contributed by atoms with Crippen molar-refractivity contribution in [2.45, 2.75) is 26.1 Å². The molecule has 0 saturated carbocycles. The summed E-state index contributed by atoms with van der Waals surface area (Å²) >= 11 is 0. The lowest BCUT2D eigenvalue weighted by Crippen LogP contribution is -2.39. The first kappa shape index (κ1) is 21.7. The number of rotatable bonds is 8. The largest absolute Gasteiger partial charge is 0.457 e. The topological polar surface area (TPSA) is 106 Å². The third-order valence-electron chi connectivity index (χ3n) is 3.93. The van der Waals surface area contributed by atoms with Crippen LogP contribution >= 0.6 is 0 Å². The summed E-state index contributed by atoms with van der Waals surface area (Å²) in [6.07, 6.45) is -0.976. The number of carbonyl (C=O) groups is 3. The SMILES string of the molecule is COC(=O)NCc1cccc(CNC(=O)NCC(C)OC(=O)c2ccccc2)c1. The number of methoxy groups -OCH3 is 1. The van der Waals surface area contributed by atoms with Gasteiger partial charge in [0, 0.05) is 13.1 Å². The van der Waals surface area contributed by atoms with Gasteiger partial charge in [-0.2, -0.15) is 0 Å². The smallest absolute Gasteiger partial charge is 0.407 e. The fourth-order valence-corrected chi connectivity index (χ4v) is 2.44. The first-order valence-electron chi connectivity index (χ1n) is 9.15. The molecule has 0 aliphatic heterocycles. The Bertz CT molecular complexity index is 826. The van der Waals surface area contributed by atoms with Gasteiger partial charge < -0.3 is 25.4 Å². The fourth-order valence-electron chi connectivity index (χ4n) is 2.44. The molecule has 0 radical (unpaired) electrons. The van der Waals surface area contributed by atoms with E-state index < -0.39 is 18.2 Å². The normalized spacial score (nSPS) is 11.1. The van der Waals surface area contributed by atoms with E-state index in [2.05, 4.69) is 20.7 Å². The molecule has 2 aromatic rings. The lowest BCUT2D eigenvalue weighted by Gasteiger charge is -2.15. The van der Waals surface area contributed by atoms with Gasteiger partial charge in [0.15, 0.2) is 0 Å². The highest BCUT2D eigenvalue weighted by Crippen LogP contribution is 2.06. The Morgan fingerprint density at radius 1 is 0.897 bits per heavy atom. The van der Waals surface area contributed by atoms with E-state index in [1.165, 1.54) is 7.11 Å². The summed E-state index contributed by atoms with van der Waals surface area (Å²) in [5.74, 6) is -0.433. The highest BCUT2D eigenvalue weighted by Gasteiger charge is 2.12. The van der Waals surface area contributed by atoms with Crippen LogP contribution in [-0.4, -0.2) is 37.9 Å². The lowest BCUT2D eigenvalue weighted by atomic mass is 10.1. The fraction of sp³-hybridized carbons (Fsp3) is 0.286. The molecule has 0 fully saturated rings. The van der Waals surface area contributed by atoms with Crippen molar-refractivity contribution in [2.75, 3.05) is 13.7 Å². The van der Waals surface area contributed by atoms with Crippen LogP contribution in [0, 0.1) is 0 Å². The average Bonchev–Trinajstić information content (AvgIpc) is 2.75. The van der Waals surface area contributed by atoms with E-state index in [1.807, 2.05) is 30.3 Å².